The molecule has 1 aliphatic rings. The molecule has 1 saturated carbocycles. The third-order valence-corrected chi connectivity index (χ3v) is 1.69. The molecule has 0 aromatic carbocycles. The Morgan fingerprint density at radius 1 is 1.62 bits per heavy atom. The molecule has 0 radical (unpaired) electrons. The molecule has 1 aliphatic carbocycles. The highest BCUT2D eigenvalue weighted by molar-refractivity contribution is 5.79. The maximum absolute atomic E-state index is 10.5. The molecule has 0 saturated heterocycles. The summed E-state index contributed by atoms with van der Waals surface area (Å²) in [5.41, 5.74) is 0. The van der Waals surface area contributed by atoms with E-state index < -0.39 is 0 Å². The van der Waals surface area contributed by atoms with Crippen LogP contribution in [0, 0.1) is 5.92 Å². The highest BCUT2D eigenvalue weighted by Crippen LogP contribution is 2.27. The molecule has 1 rings (SSSR count). The molecule has 0 aliphatic heterocycles. The van der Waals surface area contributed by atoms with Crippen LogP contribution in [0.25, 0.3) is 0 Å². The minimum Gasteiger partial charge on any atom is -0.393 e. The van der Waals surface area contributed by atoms with Gasteiger partial charge in [0, 0.05) is 5.92 Å². The number of carbonyl (C=O) groups is 1. The first-order valence-corrected chi connectivity index (χ1v) is 2.88. The molecule has 0 amide bonds. The molecule has 1 N–H and O–H groups in total. The lowest BCUT2D eigenvalue weighted by molar-refractivity contribution is -0.126. The van der Waals surface area contributed by atoms with Gasteiger partial charge in [-0.2, -0.15) is 0 Å². The monoisotopic (exact) mass is 114 g/mol. The van der Waals surface area contributed by atoms with Gasteiger partial charge in [0.05, 0.1) is 6.10 Å². The van der Waals surface area contributed by atoms with Crippen molar-refractivity contribution in [3.05, 3.63) is 0 Å². The molecule has 1 fully saturated rings. The number of Topliss-reactive ketones (excluding diaryl/α,β-unsaturated/α-hetero) is 1. The number of ketones is 1. The van der Waals surface area contributed by atoms with E-state index in [2.05, 4.69) is 0 Å². The Morgan fingerprint density at radius 2 is 2.12 bits per heavy atom. The molecule has 0 bridgehead atoms. The van der Waals surface area contributed by atoms with Crippen LogP contribution in [0.2, 0.25) is 0 Å². The van der Waals surface area contributed by atoms with E-state index >= 15 is 0 Å². The van der Waals surface area contributed by atoms with Crippen molar-refractivity contribution in [3.8, 4) is 0 Å². The molecule has 0 unspecified atom stereocenters. The van der Waals surface area contributed by atoms with E-state index in [-0.39, 0.29) is 17.8 Å². The second-order valence-corrected chi connectivity index (χ2v) is 2.43. The van der Waals surface area contributed by atoms with E-state index in [0.717, 1.165) is 0 Å². The van der Waals surface area contributed by atoms with Crippen LogP contribution in [0.4, 0.5) is 0 Å². The van der Waals surface area contributed by atoms with Crippen molar-refractivity contribution in [2.45, 2.75) is 25.9 Å². The minimum absolute atomic E-state index is 0.171. The average molecular weight is 114 g/mol. The van der Waals surface area contributed by atoms with E-state index in [0.29, 0.717) is 12.8 Å². The quantitative estimate of drug-likeness (QED) is 0.534. The third kappa shape index (κ3) is 0.892. The van der Waals surface area contributed by atoms with Gasteiger partial charge in [0.2, 0.25) is 0 Å². The predicted molar refractivity (Wildman–Crippen MR) is 29.4 cm³/mol. The SMILES string of the molecule is CC(=O)[C@H]1C[C@@H](O)C1. The average Bonchev–Trinajstić information content (AvgIpc) is 1.57. The van der Waals surface area contributed by atoms with E-state index in [1.165, 1.54) is 0 Å². The van der Waals surface area contributed by atoms with Crippen LogP contribution < -0.4 is 0 Å². The summed E-state index contributed by atoms with van der Waals surface area (Å²) in [6, 6.07) is 0. The lowest BCUT2D eigenvalue weighted by Crippen LogP contribution is -2.32. The molecule has 46 valence electrons. The van der Waals surface area contributed by atoms with Gasteiger partial charge in [0.15, 0.2) is 0 Å². The largest absolute Gasteiger partial charge is 0.393 e. The normalized spacial score (nSPS) is 36.2. The number of aliphatic hydroxyl groups is 1. The molecule has 0 heterocycles. The number of rotatable bonds is 1. The van der Waals surface area contributed by atoms with Crippen LogP contribution in [0.3, 0.4) is 0 Å². The molecular weight excluding hydrogens is 104 g/mol. The second kappa shape index (κ2) is 1.86. The van der Waals surface area contributed by atoms with E-state index in [1.54, 1.807) is 6.92 Å². The predicted octanol–water partition coefficient (Wildman–Crippen LogP) is 0.346. The third-order valence-electron chi connectivity index (χ3n) is 1.69. The Labute approximate surface area is 48.5 Å². The summed E-state index contributed by atoms with van der Waals surface area (Å²) in [5, 5.41) is 8.72. The fourth-order valence-corrected chi connectivity index (χ4v) is 0.920. The molecular formula is C6H10O2. The number of hydrogen-bond donors (Lipinski definition) is 1. The van der Waals surface area contributed by atoms with Crippen molar-refractivity contribution in [1.29, 1.82) is 0 Å². The zero-order chi connectivity index (χ0) is 6.15. The topological polar surface area (TPSA) is 37.3 Å². The van der Waals surface area contributed by atoms with Gasteiger partial charge in [-0.3, -0.25) is 4.79 Å². The molecule has 0 spiro atoms. The fourth-order valence-electron chi connectivity index (χ4n) is 0.920. The van der Waals surface area contributed by atoms with Crippen molar-refractivity contribution in [2.75, 3.05) is 0 Å². The lowest BCUT2D eigenvalue weighted by Gasteiger charge is -2.28. The number of aliphatic hydroxyl groups excluding tert-OH is 1. The molecule has 2 nitrogen and oxygen atoms in total. The molecule has 0 aromatic heterocycles. The van der Waals surface area contributed by atoms with Gasteiger partial charge in [0.25, 0.3) is 0 Å². The summed E-state index contributed by atoms with van der Waals surface area (Å²) < 4.78 is 0. The molecule has 0 atom stereocenters. The van der Waals surface area contributed by atoms with Gasteiger partial charge in [-0.15, -0.1) is 0 Å². The number of carbonyl (C=O) groups excluding carboxylic acids is 1. The Balaban J connectivity index is 2.25. The Bertz CT molecular complexity index is 103. The highest BCUT2D eigenvalue weighted by Gasteiger charge is 2.30. The Kier molecular flexibility index (Phi) is 1.34. The van der Waals surface area contributed by atoms with Crippen LogP contribution >= 0.6 is 0 Å². The van der Waals surface area contributed by atoms with Crippen LogP contribution in [0.5, 0.6) is 0 Å². The lowest BCUT2D eigenvalue weighted by atomic mass is 9.80. The maximum Gasteiger partial charge on any atom is 0.133 e. The highest BCUT2D eigenvalue weighted by atomic mass is 16.3. The number of hydrogen-bond acceptors (Lipinski definition) is 2. The van der Waals surface area contributed by atoms with Gasteiger partial charge < -0.3 is 5.11 Å². The first-order chi connectivity index (χ1) is 3.70. The van der Waals surface area contributed by atoms with Crippen LogP contribution in [0.15, 0.2) is 0 Å². The summed E-state index contributed by atoms with van der Waals surface area (Å²) in [7, 11) is 0. The van der Waals surface area contributed by atoms with Crippen LogP contribution in [-0.2, 0) is 4.79 Å². The standard InChI is InChI=1S/C6H10O2/c1-4(7)5-2-6(8)3-5/h5-6,8H,2-3H2,1H3/t5-,6+. The van der Waals surface area contributed by atoms with Crippen LogP contribution in [-0.4, -0.2) is 17.0 Å². The maximum atomic E-state index is 10.5. The summed E-state index contributed by atoms with van der Waals surface area (Å²) in [6.45, 7) is 1.58. The summed E-state index contributed by atoms with van der Waals surface area (Å²) in [6.07, 6.45) is 1.19. The summed E-state index contributed by atoms with van der Waals surface area (Å²) in [4.78, 5) is 10.5. The van der Waals surface area contributed by atoms with Crippen molar-refractivity contribution >= 4 is 5.78 Å². The van der Waals surface area contributed by atoms with Crippen molar-refractivity contribution in [3.63, 3.8) is 0 Å². The zero-order valence-electron chi connectivity index (χ0n) is 4.92. The van der Waals surface area contributed by atoms with Gasteiger partial charge in [0.1, 0.15) is 5.78 Å². The van der Waals surface area contributed by atoms with E-state index in [1.807, 2.05) is 0 Å². The van der Waals surface area contributed by atoms with Gasteiger partial charge in [-0.1, -0.05) is 0 Å². The van der Waals surface area contributed by atoms with Crippen molar-refractivity contribution in [2.24, 2.45) is 5.92 Å². The Morgan fingerprint density at radius 3 is 2.25 bits per heavy atom. The minimum atomic E-state index is -0.191. The van der Waals surface area contributed by atoms with Gasteiger partial charge in [-0.25, -0.2) is 0 Å². The van der Waals surface area contributed by atoms with E-state index in [4.69, 9.17) is 5.11 Å². The molecule has 0 aromatic rings. The first-order valence-electron chi connectivity index (χ1n) is 2.88. The van der Waals surface area contributed by atoms with Gasteiger partial charge >= 0.3 is 0 Å². The van der Waals surface area contributed by atoms with Crippen molar-refractivity contribution < 1.29 is 9.90 Å². The molecule has 8 heavy (non-hydrogen) atoms. The van der Waals surface area contributed by atoms with E-state index in [9.17, 15) is 4.79 Å². The zero-order valence-corrected chi connectivity index (χ0v) is 4.92. The summed E-state index contributed by atoms with van der Waals surface area (Å²) >= 11 is 0. The van der Waals surface area contributed by atoms with Gasteiger partial charge in [-0.05, 0) is 19.8 Å². The van der Waals surface area contributed by atoms with Crippen molar-refractivity contribution in [1.82, 2.24) is 0 Å². The molecule has 2 heteroatoms. The fraction of sp³-hybridized carbons (Fsp3) is 0.833. The second-order valence-electron chi connectivity index (χ2n) is 2.43. The first kappa shape index (κ1) is 5.76. The summed E-state index contributed by atoms with van der Waals surface area (Å²) in [5.74, 6) is 0.389. The van der Waals surface area contributed by atoms with Crippen LogP contribution in [0.1, 0.15) is 19.8 Å². The Hall–Kier alpha value is -0.370. The smallest absolute Gasteiger partial charge is 0.133 e.